The number of nitrogens with one attached hydrogen (secondary N) is 1. The Hall–Kier alpha value is -3.85. The molecule has 8 nitrogen and oxygen atoms in total. The lowest BCUT2D eigenvalue weighted by molar-refractivity contribution is -0.141. The van der Waals surface area contributed by atoms with Crippen molar-refractivity contribution in [2.75, 3.05) is 30.3 Å². The maximum absolute atomic E-state index is 14.0. The van der Waals surface area contributed by atoms with E-state index in [1.165, 1.54) is 4.31 Å². The number of ether oxygens (including phenoxy) is 1. The quantitative estimate of drug-likeness (QED) is 0.237. The molecule has 0 saturated carbocycles. The summed E-state index contributed by atoms with van der Waals surface area (Å²) in [5.74, 6) is 0.502. The van der Waals surface area contributed by atoms with E-state index in [-0.39, 0.29) is 43.7 Å². The molecule has 0 aliphatic rings. The summed E-state index contributed by atoms with van der Waals surface area (Å²) >= 11 is 0. The zero-order valence-corrected chi connectivity index (χ0v) is 26.8. The van der Waals surface area contributed by atoms with Crippen molar-refractivity contribution in [1.82, 2.24) is 10.2 Å². The van der Waals surface area contributed by atoms with Gasteiger partial charge in [-0.1, -0.05) is 74.0 Å². The molecule has 232 valence electrons. The molecule has 0 spiro atoms. The fourth-order valence-corrected chi connectivity index (χ4v) is 5.83. The number of aryl methyl sites for hydroxylation is 1. The summed E-state index contributed by atoms with van der Waals surface area (Å²) in [4.78, 5) is 29.2. The van der Waals surface area contributed by atoms with Gasteiger partial charge in [0, 0.05) is 32.5 Å². The Kier molecular flexibility index (Phi) is 12.6. The molecular formula is C34H45N3O5S. The van der Waals surface area contributed by atoms with Gasteiger partial charge in [0.05, 0.1) is 18.6 Å². The summed E-state index contributed by atoms with van der Waals surface area (Å²) in [6.07, 6.45) is 1.89. The number of nitrogens with zero attached hydrogens (tertiary/aromatic N) is 2. The molecule has 3 rings (SSSR count). The molecule has 0 aliphatic carbocycles. The topological polar surface area (TPSA) is 96.0 Å². The van der Waals surface area contributed by atoms with Crippen LogP contribution in [0.5, 0.6) is 5.75 Å². The van der Waals surface area contributed by atoms with Crippen molar-refractivity contribution in [3.8, 4) is 5.75 Å². The van der Waals surface area contributed by atoms with Gasteiger partial charge in [-0.25, -0.2) is 8.42 Å². The molecule has 0 bridgehead atoms. The summed E-state index contributed by atoms with van der Waals surface area (Å²) in [6.45, 7) is 9.34. The lowest BCUT2D eigenvalue weighted by atomic mass is 10.0. The van der Waals surface area contributed by atoms with Crippen molar-refractivity contribution in [2.24, 2.45) is 5.92 Å². The van der Waals surface area contributed by atoms with Gasteiger partial charge in [0.2, 0.25) is 21.8 Å². The van der Waals surface area contributed by atoms with Crippen molar-refractivity contribution in [1.29, 1.82) is 0 Å². The van der Waals surface area contributed by atoms with E-state index in [1.54, 1.807) is 29.2 Å². The minimum absolute atomic E-state index is 0.0810. The van der Waals surface area contributed by atoms with Crippen LogP contribution in [0.25, 0.3) is 0 Å². The molecule has 0 heterocycles. The third-order valence-corrected chi connectivity index (χ3v) is 8.17. The van der Waals surface area contributed by atoms with Crippen molar-refractivity contribution in [3.63, 3.8) is 0 Å². The van der Waals surface area contributed by atoms with Crippen molar-refractivity contribution in [3.05, 3.63) is 95.6 Å². The summed E-state index contributed by atoms with van der Waals surface area (Å²) < 4.78 is 32.2. The van der Waals surface area contributed by atoms with Gasteiger partial charge in [0.25, 0.3) is 0 Å². The van der Waals surface area contributed by atoms with Crippen molar-refractivity contribution in [2.45, 2.75) is 59.5 Å². The third kappa shape index (κ3) is 10.7. The summed E-state index contributed by atoms with van der Waals surface area (Å²) in [5, 5.41) is 3.03. The highest BCUT2D eigenvalue weighted by Crippen LogP contribution is 2.23. The smallest absolute Gasteiger partial charge is 0.243 e. The molecule has 3 aromatic rings. The zero-order valence-electron chi connectivity index (χ0n) is 26.0. The van der Waals surface area contributed by atoms with E-state index < -0.39 is 16.1 Å². The first-order valence-electron chi connectivity index (χ1n) is 14.8. The molecule has 43 heavy (non-hydrogen) atoms. The molecule has 2 amide bonds. The fourth-order valence-electron chi connectivity index (χ4n) is 4.86. The Morgan fingerprint density at radius 1 is 0.930 bits per heavy atom. The van der Waals surface area contributed by atoms with Gasteiger partial charge >= 0.3 is 0 Å². The van der Waals surface area contributed by atoms with Crippen LogP contribution in [0.2, 0.25) is 0 Å². The first kappa shape index (κ1) is 33.6. The van der Waals surface area contributed by atoms with Crippen LogP contribution >= 0.6 is 0 Å². The first-order valence-corrected chi connectivity index (χ1v) is 16.7. The van der Waals surface area contributed by atoms with Crippen LogP contribution in [0.1, 0.15) is 50.3 Å². The number of rotatable bonds is 16. The molecule has 0 aliphatic heterocycles. The number of benzene rings is 3. The number of anilines is 1. The van der Waals surface area contributed by atoms with Gasteiger partial charge in [-0.3, -0.25) is 13.9 Å². The van der Waals surface area contributed by atoms with Gasteiger partial charge < -0.3 is 15.0 Å². The van der Waals surface area contributed by atoms with E-state index in [9.17, 15) is 18.0 Å². The lowest BCUT2D eigenvalue weighted by Gasteiger charge is -2.32. The average molecular weight is 608 g/mol. The SMILES string of the molecule is CCOc1ccc(N(CCCC(=O)N(Cc2cccc(C)c2)[C@@H](Cc2ccccc2)C(=O)NCC(C)C)S(C)(=O)=O)cc1. The molecule has 3 aromatic carbocycles. The maximum Gasteiger partial charge on any atom is 0.243 e. The maximum atomic E-state index is 14.0. The van der Waals surface area contributed by atoms with Crippen LogP contribution in [0.3, 0.4) is 0 Å². The molecule has 0 radical (unpaired) electrons. The predicted molar refractivity (Wildman–Crippen MR) is 173 cm³/mol. The second-order valence-electron chi connectivity index (χ2n) is 11.2. The minimum atomic E-state index is -3.60. The summed E-state index contributed by atoms with van der Waals surface area (Å²) in [7, 11) is -3.60. The molecule has 0 fully saturated rings. The Morgan fingerprint density at radius 2 is 1.60 bits per heavy atom. The average Bonchev–Trinajstić information content (AvgIpc) is 2.96. The second kappa shape index (κ2) is 16.1. The zero-order chi connectivity index (χ0) is 31.4. The molecule has 0 unspecified atom stereocenters. The molecule has 0 aromatic heterocycles. The minimum Gasteiger partial charge on any atom is -0.494 e. The Balaban J connectivity index is 1.86. The van der Waals surface area contributed by atoms with Gasteiger partial charge in [0.15, 0.2) is 0 Å². The van der Waals surface area contributed by atoms with Crippen LogP contribution < -0.4 is 14.4 Å². The van der Waals surface area contributed by atoms with Crippen molar-refractivity contribution < 1.29 is 22.7 Å². The van der Waals surface area contributed by atoms with Crippen LogP contribution in [0.15, 0.2) is 78.9 Å². The second-order valence-corrected chi connectivity index (χ2v) is 13.1. The Labute approximate surface area is 257 Å². The Morgan fingerprint density at radius 3 is 2.21 bits per heavy atom. The first-order chi connectivity index (χ1) is 20.5. The van der Waals surface area contributed by atoms with Crippen LogP contribution in [0, 0.1) is 12.8 Å². The number of hydrogen-bond acceptors (Lipinski definition) is 5. The van der Waals surface area contributed by atoms with E-state index in [4.69, 9.17) is 4.74 Å². The van der Waals surface area contributed by atoms with Crippen LogP contribution in [-0.4, -0.2) is 57.1 Å². The number of hydrogen-bond donors (Lipinski definition) is 1. The van der Waals surface area contributed by atoms with E-state index in [0.29, 0.717) is 31.0 Å². The van der Waals surface area contributed by atoms with Crippen LogP contribution in [0.4, 0.5) is 5.69 Å². The molecular weight excluding hydrogens is 562 g/mol. The summed E-state index contributed by atoms with van der Waals surface area (Å²) in [6, 6.07) is 23.7. The highest BCUT2D eigenvalue weighted by Gasteiger charge is 2.30. The van der Waals surface area contributed by atoms with E-state index in [2.05, 4.69) is 5.32 Å². The van der Waals surface area contributed by atoms with Crippen LogP contribution in [-0.2, 0) is 32.6 Å². The lowest BCUT2D eigenvalue weighted by Crippen LogP contribution is -2.51. The normalized spacial score (nSPS) is 12.0. The molecule has 1 atom stereocenters. The number of amides is 2. The summed E-state index contributed by atoms with van der Waals surface area (Å²) in [5.41, 5.74) is 3.45. The molecule has 1 N–H and O–H groups in total. The van der Waals surface area contributed by atoms with E-state index >= 15 is 0 Å². The molecule has 9 heteroatoms. The monoisotopic (exact) mass is 607 g/mol. The molecule has 0 saturated heterocycles. The van der Waals surface area contributed by atoms with Gasteiger partial charge in [-0.2, -0.15) is 0 Å². The highest BCUT2D eigenvalue weighted by atomic mass is 32.2. The van der Waals surface area contributed by atoms with E-state index in [1.807, 2.05) is 82.3 Å². The predicted octanol–water partition coefficient (Wildman–Crippen LogP) is 5.35. The van der Waals surface area contributed by atoms with Gasteiger partial charge in [-0.05, 0) is 61.6 Å². The Bertz CT molecular complexity index is 1430. The highest BCUT2D eigenvalue weighted by molar-refractivity contribution is 7.92. The van der Waals surface area contributed by atoms with E-state index in [0.717, 1.165) is 22.9 Å². The number of carbonyl (C=O) groups excluding carboxylic acids is 2. The van der Waals surface area contributed by atoms with Crippen molar-refractivity contribution >= 4 is 27.5 Å². The van der Waals surface area contributed by atoms with Gasteiger partial charge in [0.1, 0.15) is 11.8 Å². The van der Waals surface area contributed by atoms with Gasteiger partial charge in [-0.15, -0.1) is 0 Å². The number of sulfonamides is 1. The standard InChI is InChI=1S/C34H45N3O5S/c1-6-42-31-19-17-30(18-20-31)37(43(5,40)41)21-11-16-33(38)36(25-29-15-10-12-27(4)22-29)32(34(39)35-24-26(2)3)23-28-13-8-7-9-14-28/h7-10,12-15,17-20,22,26,32H,6,11,16,21,23-25H2,1-5H3,(H,35,39)/t32-/m0/s1. The third-order valence-electron chi connectivity index (χ3n) is 6.98. The fraction of sp³-hybridized carbons (Fsp3) is 0.412. The largest absolute Gasteiger partial charge is 0.494 e. The number of carbonyl (C=O) groups is 2.